The number of anilines is 2. The van der Waals surface area contributed by atoms with Crippen LogP contribution in [0.1, 0.15) is 27.7 Å². The minimum Gasteiger partial charge on any atom is -0.354 e. The average Bonchev–Trinajstić information content (AvgIpc) is 2.17. The zero-order valence-corrected chi connectivity index (χ0v) is 10.9. The van der Waals surface area contributed by atoms with Crippen LogP contribution in [0.3, 0.4) is 0 Å². The number of halogens is 1. The summed E-state index contributed by atoms with van der Waals surface area (Å²) in [6.07, 6.45) is 0. The number of hydrogen-bond donors (Lipinski definition) is 1. The molecule has 0 spiro atoms. The summed E-state index contributed by atoms with van der Waals surface area (Å²) in [6, 6.07) is 0.331. The number of nitrogens with zero attached hydrogens (tertiary/aromatic N) is 4. The molecule has 0 aliphatic carbocycles. The van der Waals surface area contributed by atoms with Crippen molar-refractivity contribution in [3.05, 3.63) is 5.28 Å². The molecule has 0 radical (unpaired) electrons. The standard InChI is InChI=1S/C10H18ClN5/c1-5-12-9-13-8(11)14-10(15-9)16(6-2)7(3)4/h7H,5-6H2,1-4H3,(H,12,13,14,15). The van der Waals surface area contributed by atoms with Crippen LogP contribution in [0.15, 0.2) is 0 Å². The summed E-state index contributed by atoms with van der Waals surface area (Å²) in [6.45, 7) is 9.82. The smallest absolute Gasteiger partial charge is 0.231 e. The van der Waals surface area contributed by atoms with E-state index in [1.807, 2.05) is 6.92 Å². The van der Waals surface area contributed by atoms with Crippen molar-refractivity contribution in [2.45, 2.75) is 33.7 Å². The summed E-state index contributed by atoms with van der Waals surface area (Å²) in [5, 5.41) is 3.26. The molecule has 0 aliphatic heterocycles. The molecule has 1 rings (SSSR count). The Balaban J connectivity index is 3.02. The van der Waals surface area contributed by atoms with Crippen molar-refractivity contribution in [3.63, 3.8) is 0 Å². The summed E-state index contributed by atoms with van der Waals surface area (Å²) in [7, 11) is 0. The molecule has 0 bridgehead atoms. The lowest BCUT2D eigenvalue weighted by molar-refractivity contribution is 0.678. The van der Waals surface area contributed by atoms with Crippen LogP contribution in [0.4, 0.5) is 11.9 Å². The van der Waals surface area contributed by atoms with Gasteiger partial charge in [0.15, 0.2) is 0 Å². The zero-order valence-electron chi connectivity index (χ0n) is 10.2. The van der Waals surface area contributed by atoms with E-state index in [-0.39, 0.29) is 5.28 Å². The predicted octanol–water partition coefficient (Wildman–Crippen LogP) is 2.19. The van der Waals surface area contributed by atoms with E-state index >= 15 is 0 Å². The highest BCUT2D eigenvalue weighted by Crippen LogP contribution is 2.15. The van der Waals surface area contributed by atoms with Crippen molar-refractivity contribution in [1.82, 2.24) is 15.0 Å². The van der Waals surface area contributed by atoms with Gasteiger partial charge >= 0.3 is 0 Å². The molecule has 0 saturated carbocycles. The highest BCUT2D eigenvalue weighted by molar-refractivity contribution is 6.28. The first-order chi connectivity index (χ1) is 7.58. The van der Waals surface area contributed by atoms with Crippen molar-refractivity contribution in [2.75, 3.05) is 23.3 Å². The topological polar surface area (TPSA) is 53.9 Å². The highest BCUT2D eigenvalue weighted by atomic mass is 35.5. The number of aromatic nitrogens is 3. The fourth-order valence-corrected chi connectivity index (χ4v) is 1.60. The van der Waals surface area contributed by atoms with Crippen LogP contribution >= 0.6 is 11.6 Å². The molecule has 0 unspecified atom stereocenters. The largest absolute Gasteiger partial charge is 0.354 e. The second-order valence-electron chi connectivity index (χ2n) is 3.64. The van der Waals surface area contributed by atoms with Gasteiger partial charge in [0.1, 0.15) is 0 Å². The van der Waals surface area contributed by atoms with Crippen LogP contribution < -0.4 is 10.2 Å². The number of hydrogen-bond acceptors (Lipinski definition) is 5. The Labute approximate surface area is 101 Å². The maximum Gasteiger partial charge on any atom is 0.231 e. The maximum absolute atomic E-state index is 5.86. The normalized spacial score (nSPS) is 10.6. The zero-order chi connectivity index (χ0) is 12.1. The highest BCUT2D eigenvalue weighted by Gasteiger charge is 2.13. The Kier molecular flexibility index (Phi) is 4.73. The van der Waals surface area contributed by atoms with Gasteiger partial charge in [0, 0.05) is 19.1 Å². The van der Waals surface area contributed by atoms with Gasteiger partial charge in [-0.15, -0.1) is 0 Å². The van der Waals surface area contributed by atoms with Gasteiger partial charge in [0.05, 0.1) is 0 Å². The van der Waals surface area contributed by atoms with Crippen molar-refractivity contribution in [1.29, 1.82) is 0 Å². The SMILES string of the molecule is CCNc1nc(Cl)nc(N(CC)C(C)C)n1. The van der Waals surface area contributed by atoms with Crippen LogP contribution in [0.25, 0.3) is 0 Å². The van der Waals surface area contributed by atoms with E-state index in [9.17, 15) is 0 Å². The van der Waals surface area contributed by atoms with Gasteiger partial charge in [-0.2, -0.15) is 15.0 Å². The molecule has 6 heteroatoms. The molecule has 1 aromatic rings. The van der Waals surface area contributed by atoms with Crippen LogP contribution in [0.5, 0.6) is 0 Å². The quantitative estimate of drug-likeness (QED) is 0.859. The average molecular weight is 244 g/mol. The van der Waals surface area contributed by atoms with Gasteiger partial charge in [-0.05, 0) is 39.3 Å². The minimum atomic E-state index is 0.222. The Morgan fingerprint density at radius 1 is 1.25 bits per heavy atom. The first kappa shape index (κ1) is 13.0. The Bertz CT molecular complexity index is 342. The van der Waals surface area contributed by atoms with Crippen LogP contribution in [0, 0.1) is 0 Å². The summed E-state index contributed by atoms with van der Waals surface area (Å²) < 4.78 is 0. The van der Waals surface area contributed by atoms with Crippen LogP contribution in [0.2, 0.25) is 5.28 Å². The molecule has 90 valence electrons. The molecule has 0 saturated heterocycles. The van der Waals surface area contributed by atoms with E-state index in [2.05, 4.69) is 45.9 Å². The first-order valence-corrected chi connectivity index (χ1v) is 5.88. The van der Waals surface area contributed by atoms with Gasteiger partial charge < -0.3 is 10.2 Å². The van der Waals surface area contributed by atoms with Crippen LogP contribution in [-0.4, -0.2) is 34.1 Å². The van der Waals surface area contributed by atoms with E-state index in [4.69, 9.17) is 11.6 Å². The molecule has 1 heterocycles. The summed E-state index contributed by atoms with van der Waals surface area (Å²) in [5.41, 5.74) is 0. The first-order valence-electron chi connectivity index (χ1n) is 5.50. The molecular weight excluding hydrogens is 226 g/mol. The lowest BCUT2D eigenvalue weighted by Crippen LogP contribution is -2.32. The van der Waals surface area contributed by atoms with Gasteiger partial charge in [0.2, 0.25) is 17.2 Å². The van der Waals surface area contributed by atoms with Gasteiger partial charge in [-0.1, -0.05) is 0 Å². The minimum absolute atomic E-state index is 0.222. The third-order valence-corrected chi connectivity index (χ3v) is 2.32. The van der Waals surface area contributed by atoms with E-state index in [0.717, 1.165) is 13.1 Å². The molecule has 1 N–H and O–H groups in total. The van der Waals surface area contributed by atoms with Crippen molar-refractivity contribution < 1.29 is 0 Å². The second-order valence-corrected chi connectivity index (χ2v) is 3.98. The fourth-order valence-electron chi connectivity index (χ4n) is 1.44. The predicted molar refractivity (Wildman–Crippen MR) is 67.2 cm³/mol. The molecule has 5 nitrogen and oxygen atoms in total. The number of rotatable bonds is 5. The Morgan fingerprint density at radius 3 is 2.44 bits per heavy atom. The molecular formula is C10H18ClN5. The lowest BCUT2D eigenvalue weighted by Gasteiger charge is -2.25. The molecule has 16 heavy (non-hydrogen) atoms. The summed E-state index contributed by atoms with van der Waals surface area (Å²) in [4.78, 5) is 14.5. The summed E-state index contributed by atoms with van der Waals surface area (Å²) in [5.74, 6) is 1.14. The van der Waals surface area contributed by atoms with Crippen LogP contribution in [-0.2, 0) is 0 Å². The molecule has 0 fully saturated rings. The maximum atomic E-state index is 5.86. The van der Waals surface area contributed by atoms with Gasteiger partial charge in [0.25, 0.3) is 0 Å². The van der Waals surface area contributed by atoms with E-state index in [0.29, 0.717) is 17.9 Å². The third-order valence-electron chi connectivity index (χ3n) is 2.15. The van der Waals surface area contributed by atoms with E-state index in [1.165, 1.54) is 0 Å². The van der Waals surface area contributed by atoms with Gasteiger partial charge in [-0.3, -0.25) is 0 Å². The Hall–Kier alpha value is -1.10. The van der Waals surface area contributed by atoms with E-state index in [1.54, 1.807) is 0 Å². The molecule has 1 aromatic heterocycles. The second kappa shape index (κ2) is 5.84. The van der Waals surface area contributed by atoms with E-state index < -0.39 is 0 Å². The molecule has 0 aromatic carbocycles. The van der Waals surface area contributed by atoms with Crippen molar-refractivity contribution in [3.8, 4) is 0 Å². The molecule has 0 aliphatic rings. The third kappa shape index (κ3) is 3.20. The number of nitrogens with one attached hydrogen (secondary N) is 1. The van der Waals surface area contributed by atoms with Gasteiger partial charge in [-0.25, -0.2) is 0 Å². The fraction of sp³-hybridized carbons (Fsp3) is 0.700. The monoisotopic (exact) mass is 243 g/mol. The molecule has 0 amide bonds. The summed E-state index contributed by atoms with van der Waals surface area (Å²) >= 11 is 5.86. The van der Waals surface area contributed by atoms with Crippen molar-refractivity contribution in [2.24, 2.45) is 0 Å². The van der Waals surface area contributed by atoms with Crippen molar-refractivity contribution >= 4 is 23.5 Å². The lowest BCUT2D eigenvalue weighted by atomic mass is 10.3. The Morgan fingerprint density at radius 2 is 1.94 bits per heavy atom. The molecule has 0 atom stereocenters.